The van der Waals surface area contributed by atoms with E-state index in [1.807, 2.05) is 103 Å². The first-order valence-corrected chi connectivity index (χ1v) is 15.8. The average molecular weight is 617 g/mol. The summed E-state index contributed by atoms with van der Waals surface area (Å²) in [5.74, 6) is 1.74. The normalized spacial score (nSPS) is 11.8. The summed E-state index contributed by atoms with van der Waals surface area (Å²) in [7, 11) is 0. The topological polar surface area (TPSA) is 77.8 Å². The molecular formula is C42H24N4O2. The van der Waals surface area contributed by atoms with Gasteiger partial charge in [-0.25, -0.2) is 19.9 Å². The van der Waals surface area contributed by atoms with Crippen LogP contribution in [0, 0.1) is 0 Å². The van der Waals surface area contributed by atoms with Crippen LogP contribution in [0.25, 0.3) is 100 Å². The highest BCUT2D eigenvalue weighted by Crippen LogP contribution is 2.41. The number of pyridine rings is 1. The number of benzene rings is 6. The molecule has 6 nitrogen and oxygen atoms in total. The fraction of sp³-hybridized carbons (Fsp3) is 0. The molecule has 0 spiro atoms. The van der Waals surface area contributed by atoms with Gasteiger partial charge in [0.05, 0.1) is 5.52 Å². The van der Waals surface area contributed by atoms with Gasteiger partial charge in [-0.3, -0.25) is 0 Å². The van der Waals surface area contributed by atoms with Gasteiger partial charge in [0.25, 0.3) is 0 Å². The van der Waals surface area contributed by atoms with Gasteiger partial charge >= 0.3 is 0 Å². The molecule has 0 unspecified atom stereocenters. The molecule has 224 valence electrons. The van der Waals surface area contributed by atoms with Gasteiger partial charge in [0.2, 0.25) is 0 Å². The Kier molecular flexibility index (Phi) is 5.77. The standard InChI is InChI=1S/C42H24N4O2/c1-3-12-25(13-4-1)38-39-37(28-16-7-9-19-32(28)43-38)31-24-27(22-23-34(31)48-39)41-44-40(26-14-5-2-6-15-26)45-42(46-41)30-18-11-21-35-36(30)29-17-8-10-20-33(29)47-35/h1-24H. The maximum Gasteiger partial charge on any atom is 0.164 e. The summed E-state index contributed by atoms with van der Waals surface area (Å²) in [6, 6.07) is 48.7. The second-order valence-corrected chi connectivity index (χ2v) is 11.8. The lowest BCUT2D eigenvalue weighted by molar-refractivity contribution is 0.668. The van der Waals surface area contributed by atoms with E-state index in [4.69, 9.17) is 28.8 Å². The van der Waals surface area contributed by atoms with Gasteiger partial charge in [-0.2, -0.15) is 0 Å². The fourth-order valence-corrected chi connectivity index (χ4v) is 6.72. The van der Waals surface area contributed by atoms with Crippen LogP contribution in [-0.2, 0) is 0 Å². The Morgan fingerprint density at radius 1 is 0.375 bits per heavy atom. The first-order valence-electron chi connectivity index (χ1n) is 15.8. The van der Waals surface area contributed by atoms with Crippen molar-refractivity contribution in [3.8, 4) is 45.4 Å². The SMILES string of the molecule is c1ccc(-c2nc(-c3ccc4oc5c(-c6ccccc6)nc6ccccc6c5c4c3)nc(-c3cccc4oc5ccccc5c34)n2)cc1. The molecule has 10 aromatic rings. The van der Waals surface area contributed by atoms with E-state index >= 15 is 0 Å². The van der Waals surface area contributed by atoms with E-state index in [9.17, 15) is 0 Å². The van der Waals surface area contributed by atoms with Crippen molar-refractivity contribution in [1.29, 1.82) is 0 Å². The zero-order valence-corrected chi connectivity index (χ0v) is 25.5. The number of fused-ring (bicyclic) bond motifs is 8. The minimum atomic E-state index is 0.571. The van der Waals surface area contributed by atoms with Crippen molar-refractivity contribution in [2.75, 3.05) is 0 Å². The zero-order chi connectivity index (χ0) is 31.6. The fourth-order valence-electron chi connectivity index (χ4n) is 6.72. The van der Waals surface area contributed by atoms with Gasteiger partial charge in [0, 0.05) is 49.2 Å². The van der Waals surface area contributed by atoms with Gasteiger partial charge in [-0.05, 0) is 36.4 Å². The molecule has 0 amide bonds. The number of rotatable bonds is 4. The Hall–Kier alpha value is -6.66. The molecule has 6 aromatic carbocycles. The van der Waals surface area contributed by atoms with Crippen molar-refractivity contribution >= 4 is 54.8 Å². The summed E-state index contributed by atoms with van der Waals surface area (Å²) < 4.78 is 12.8. The average Bonchev–Trinajstić information content (AvgIpc) is 3.74. The van der Waals surface area contributed by atoms with Crippen LogP contribution in [0.3, 0.4) is 0 Å². The molecule has 0 radical (unpaired) electrons. The Balaban J connectivity index is 1.24. The highest BCUT2D eigenvalue weighted by molar-refractivity contribution is 6.21. The van der Waals surface area contributed by atoms with Crippen molar-refractivity contribution in [3.05, 3.63) is 146 Å². The van der Waals surface area contributed by atoms with Crippen molar-refractivity contribution < 1.29 is 8.83 Å². The third kappa shape index (κ3) is 4.13. The summed E-state index contributed by atoms with van der Waals surface area (Å²) in [5.41, 5.74) is 8.53. The highest BCUT2D eigenvalue weighted by atomic mass is 16.3. The lowest BCUT2D eigenvalue weighted by atomic mass is 10.0. The molecule has 6 heteroatoms. The van der Waals surface area contributed by atoms with E-state index in [2.05, 4.69) is 42.5 Å². The summed E-state index contributed by atoms with van der Waals surface area (Å²) in [4.78, 5) is 20.2. The van der Waals surface area contributed by atoms with Crippen LogP contribution < -0.4 is 0 Å². The molecule has 48 heavy (non-hydrogen) atoms. The second-order valence-electron chi connectivity index (χ2n) is 11.8. The van der Waals surface area contributed by atoms with Crippen molar-refractivity contribution in [1.82, 2.24) is 19.9 Å². The van der Waals surface area contributed by atoms with E-state index in [0.29, 0.717) is 17.5 Å². The number of nitrogens with zero attached hydrogens (tertiary/aromatic N) is 4. The van der Waals surface area contributed by atoms with Crippen LogP contribution in [-0.4, -0.2) is 19.9 Å². The number of hydrogen-bond donors (Lipinski definition) is 0. The number of para-hydroxylation sites is 2. The smallest absolute Gasteiger partial charge is 0.164 e. The summed E-state index contributed by atoms with van der Waals surface area (Å²) in [6.45, 7) is 0. The number of furan rings is 2. The molecule has 0 bridgehead atoms. The van der Waals surface area contributed by atoms with E-state index in [1.165, 1.54) is 0 Å². The molecule has 0 aliphatic heterocycles. The Morgan fingerprint density at radius 2 is 1.02 bits per heavy atom. The molecule has 0 N–H and O–H groups in total. The molecule has 10 rings (SSSR count). The van der Waals surface area contributed by atoms with E-state index in [-0.39, 0.29) is 0 Å². The molecule has 4 heterocycles. The highest BCUT2D eigenvalue weighted by Gasteiger charge is 2.21. The lowest BCUT2D eigenvalue weighted by Gasteiger charge is -2.09. The minimum absolute atomic E-state index is 0.571. The van der Waals surface area contributed by atoms with Crippen LogP contribution in [0.5, 0.6) is 0 Å². The van der Waals surface area contributed by atoms with Gasteiger partial charge in [-0.15, -0.1) is 0 Å². The van der Waals surface area contributed by atoms with Crippen molar-refractivity contribution in [3.63, 3.8) is 0 Å². The molecule has 0 saturated heterocycles. The van der Waals surface area contributed by atoms with Gasteiger partial charge in [0.1, 0.15) is 22.4 Å². The van der Waals surface area contributed by atoms with Crippen LogP contribution in [0.1, 0.15) is 0 Å². The van der Waals surface area contributed by atoms with Crippen LogP contribution >= 0.6 is 0 Å². The Labute approximate surface area is 274 Å². The summed E-state index contributed by atoms with van der Waals surface area (Å²) in [6.07, 6.45) is 0. The predicted molar refractivity (Wildman–Crippen MR) is 191 cm³/mol. The van der Waals surface area contributed by atoms with Crippen LogP contribution in [0.2, 0.25) is 0 Å². The summed E-state index contributed by atoms with van der Waals surface area (Å²) in [5, 5.41) is 5.02. The second kappa shape index (κ2) is 10.4. The number of hydrogen-bond acceptors (Lipinski definition) is 6. The molecule has 0 atom stereocenters. The Bertz CT molecular complexity index is 2840. The molecular weight excluding hydrogens is 592 g/mol. The Morgan fingerprint density at radius 3 is 1.85 bits per heavy atom. The molecule has 4 aromatic heterocycles. The first-order chi connectivity index (χ1) is 23.8. The van der Waals surface area contributed by atoms with Gasteiger partial charge in [-0.1, -0.05) is 109 Å². The third-order valence-electron chi connectivity index (χ3n) is 8.92. The largest absolute Gasteiger partial charge is 0.456 e. The number of aromatic nitrogens is 4. The molecule has 0 aliphatic rings. The zero-order valence-electron chi connectivity index (χ0n) is 25.5. The quantitative estimate of drug-likeness (QED) is 0.196. The first kappa shape index (κ1) is 26.5. The van der Waals surface area contributed by atoms with E-state index < -0.39 is 0 Å². The lowest BCUT2D eigenvalue weighted by Crippen LogP contribution is -2.00. The maximum absolute atomic E-state index is 6.58. The summed E-state index contributed by atoms with van der Waals surface area (Å²) >= 11 is 0. The van der Waals surface area contributed by atoms with E-state index in [0.717, 1.165) is 82.7 Å². The van der Waals surface area contributed by atoms with Crippen molar-refractivity contribution in [2.45, 2.75) is 0 Å². The monoisotopic (exact) mass is 616 g/mol. The molecule has 0 aliphatic carbocycles. The maximum atomic E-state index is 6.58. The molecule has 0 saturated carbocycles. The minimum Gasteiger partial charge on any atom is -0.456 e. The van der Waals surface area contributed by atoms with Crippen molar-refractivity contribution in [2.24, 2.45) is 0 Å². The third-order valence-corrected chi connectivity index (χ3v) is 8.92. The van der Waals surface area contributed by atoms with Gasteiger partial charge < -0.3 is 8.83 Å². The molecule has 0 fully saturated rings. The van der Waals surface area contributed by atoms with E-state index in [1.54, 1.807) is 0 Å². The van der Waals surface area contributed by atoms with Crippen LogP contribution in [0.15, 0.2) is 154 Å². The van der Waals surface area contributed by atoms with Gasteiger partial charge in [0.15, 0.2) is 23.1 Å². The predicted octanol–water partition coefficient (Wildman–Crippen LogP) is 10.9. The van der Waals surface area contributed by atoms with Crippen LogP contribution in [0.4, 0.5) is 0 Å².